The van der Waals surface area contributed by atoms with Gasteiger partial charge in [-0.2, -0.15) is 5.26 Å². The average molecular weight is 258 g/mol. The molecular weight excluding hydrogens is 236 g/mol. The van der Waals surface area contributed by atoms with E-state index in [1.165, 1.54) is 5.56 Å². The monoisotopic (exact) mass is 258 g/mol. The molecule has 0 radical (unpaired) electrons. The smallest absolute Gasteiger partial charge is 0.122 e. The molecule has 3 heteroatoms. The quantitative estimate of drug-likeness (QED) is 0.906. The molecule has 1 aliphatic rings. The largest absolute Gasteiger partial charge is 0.490 e. The topological polar surface area (TPSA) is 45.0 Å². The molecule has 0 aliphatic heterocycles. The third-order valence-corrected chi connectivity index (χ3v) is 4.04. The van der Waals surface area contributed by atoms with Crippen molar-refractivity contribution in [2.75, 3.05) is 7.05 Å². The van der Waals surface area contributed by atoms with Gasteiger partial charge in [-0.05, 0) is 57.4 Å². The maximum Gasteiger partial charge on any atom is 0.122 e. The molecule has 102 valence electrons. The Morgan fingerprint density at radius 2 is 2.21 bits per heavy atom. The number of nitrogens with zero attached hydrogens (tertiary/aromatic N) is 1. The molecule has 2 atom stereocenters. The van der Waals surface area contributed by atoms with E-state index < -0.39 is 5.54 Å². The summed E-state index contributed by atoms with van der Waals surface area (Å²) in [5, 5.41) is 12.5. The SMILES string of the molecule is CNC1(C#N)CCCC(Oc2cc(C)ccc2C)C1. The van der Waals surface area contributed by atoms with Crippen LogP contribution in [-0.4, -0.2) is 18.7 Å². The second-order valence-electron chi connectivity index (χ2n) is 5.55. The summed E-state index contributed by atoms with van der Waals surface area (Å²) in [5.74, 6) is 0.954. The molecule has 3 nitrogen and oxygen atoms in total. The lowest BCUT2D eigenvalue weighted by molar-refractivity contribution is 0.115. The third kappa shape index (κ3) is 3.08. The molecule has 0 saturated heterocycles. The minimum atomic E-state index is -0.416. The summed E-state index contributed by atoms with van der Waals surface area (Å²) >= 11 is 0. The van der Waals surface area contributed by atoms with E-state index in [0.29, 0.717) is 0 Å². The Morgan fingerprint density at radius 3 is 2.89 bits per heavy atom. The van der Waals surface area contributed by atoms with Crippen molar-refractivity contribution < 1.29 is 4.74 Å². The van der Waals surface area contributed by atoms with Gasteiger partial charge >= 0.3 is 0 Å². The molecule has 19 heavy (non-hydrogen) atoms. The standard InChI is InChI=1S/C16H22N2O/c1-12-6-7-13(2)15(9-12)19-14-5-4-8-16(10-14,11-17)18-3/h6-7,9,14,18H,4-5,8,10H2,1-3H3. The zero-order chi connectivity index (χ0) is 13.9. The van der Waals surface area contributed by atoms with Crippen LogP contribution in [-0.2, 0) is 0 Å². The Bertz CT molecular complexity index is 492. The van der Waals surface area contributed by atoms with Gasteiger partial charge in [-0.25, -0.2) is 0 Å². The molecule has 1 fully saturated rings. The maximum atomic E-state index is 9.36. The zero-order valence-corrected chi connectivity index (χ0v) is 12.0. The lowest BCUT2D eigenvalue weighted by Crippen LogP contribution is -2.48. The number of aryl methyl sites for hydroxylation is 2. The first-order valence-corrected chi connectivity index (χ1v) is 6.93. The van der Waals surface area contributed by atoms with Crippen molar-refractivity contribution in [3.05, 3.63) is 29.3 Å². The Balaban J connectivity index is 2.11. The van der Waals surface area contributed by atoms with Gasteiger partial charge < -0.3 is 10.1 Å². The Kier molecular flexibility index (Phi) is 4.11. The first-order chi connectivity index (χ1) is 9.08. The van der Waals surface area contributed by atoms with Crippen LogP contribution in [0, 0.1) is 25.2 Å². The molecule has 1 aromatic rings. The second-order valence-corrected chi connectivity index (χ2v) is 5.55. The number of nitriles is 1. The van der Waals surface area contributed by atoms with Crippen LogP contribution in [0.25, 0.3) is 0 Å². The van der Waals surface area contributed by atoms with Crippen molar-refractivity contribution in [3.8, 4) is 11.8 Å². The first-order valence-electron chi connectivity index (χ1n) is 6.93. The molecule has 0 amide bonds. The van der Waals surface area contributed by atoms with Crippen LogP contribution in [0.3, 0.4) is 0 Å². The van der Waals surface area contributed by atoms with E-state index >= 15 is 0 Å². The molecule has 0 aromatic heterocycles. The van der Waals surface area contributed by atoms with Crippen molar-refractivity contribution in [2.24, 2.45) is 0 Å². The van der Waals surface area contributed by atoms with Crippen LogP contribution < -0.4 is 10.1 Å². The van der Waals surface area contributed by atoms with E-state index in [9.17, 15) is 5.26 Å². The molecule has 1 aromatic carbocycles. The zero-order valence-electron chi connectivity index (χ0n) is 12.0. The van der Waals surface area contributed by atoms with Crippen molar-refractivity contribution in [1.82, 2.24) is 5.32 Å². The van der Waals surface area contributed by atoms with Crippen LogP contribution in [0.4, 0.5) is 0 Å². The average Bonchev–Trinajstić information content (AvgIpc) is 2.43. The summed E-state index contributed by atoms with van der Waals surface area (Å²) in [7, 11) is 1.86. The van der Waals surface area contributed by atoms with E-state index in [1.54, 1.807) is 0 Å². The highest BCUT2D eigenvalue weighted by atomic mass is 16.5. The number of hydrogen-bond acceptors (Lipinski definition) is 3. The predicted molar refractivity (Wildman–Crippen MR) is 76.2 cm³/mol. The minimum Gasteiger partial charge on any atom is -0.490 e. The summed E-state index contributed by atoms with van der Waals surface area (Å²) in [6, 6.07) is 8.68. The lowest BCUT2D eigenvalue weighted by Gasteiger charge is -2.35. The van der Waals surface area contributed by atoms with Crippen molar-refractivity contribution >= 4 is 0 Å². The van der Waals surface area contributed by atoms with Gasteiger partial charge in [0.2, 0.25) is 0 Å². The van der Waals surface area contributed by atoms with Gasteiger partial charge in [-0.3, -0.25) is 0 Å². The molecule has 1 saturated carbocycles. The molecule has 2 unspecified atom stereocenters. The second kappa shape index (κ2) is 5.63. The van der Waals surface area contributed by atoms with E-state index in [0.717, 1.165) is 37.0 Å². The molecule has 0 bridgehead atoms. The van der Waals surface area contributed by atoms with E-state index in [-0.39, 0.29) is 6.10 Å². The molecule has 1 aliphatic carbocycles. The van der Waals surface area contributed by atoms with Gasteiger partial charge in [0.1, 0.15) is 17.4 Å². The summed E-state index contributed by atoms with van der Waals surface area (Å²) in [6.45, 7) is 4.13. The van der Waals surface area contributed by atoms with E-state index in [1.807, 2.05) is 7.05 Å². The first kappa shape index (κ1) is 13.9. The van der Waals surface area contributed by atoms with Crippen LogP contribution in [0.1, 0.15) is 36.8 Å². The summed E-state index contributed by atoms with van der Waals surface area (Å²) in [4.78, 5) is 0. The predicted octanol–water partition coefficient (Wildman–Crippen LogP) is 3.11. The number of benzene rings is 1. The van der Waals surface area contributed by atoms with Crippen molar-refractivity contribution in [3.63, 3.8) is 0 Å². The van der Waals surface area contributed by atoms with E-state index in [4.69, 9.17) is 4.74 Å². The number of hydrogen-bond donors (Lipinski definition) is 1. The molecule has 0 spiro atoms. The van der Waals surface area contributed by atoms with Crippen molar-refractivity contribution in [2.45, 2.75) is 51.2 Å². The van der Waals surface area contributed by atoms with Gasteiger partial charge in [0.25, 0.3) is 0 Å². The Morgan fingerprint density at radius 1 is 1.42 bits per heavy atom. The molecule has 2 rings (SSSR count). The Labute approximate surface area is 115 Å². The lowest BCUT2D eigenvalue weighted by atomic mass is 9.81. The van der Waals surface area contributed by atoms with Gasteiger partial charge in [0.15, 0.2) is 0 Å². The number of ether oxygens (including phenoxy) is 1. The Hall–Kier alpha value is -1.53. The highest BCUT2D eigenvalue weighted by Crippen LogP contribution is 2.31. The van der Waals surface area contributed by atoms with E-state index in [2.05, 4.69) is 43.4 Å². The van der Waals surface area contributed by atoms with Gasteiger partial charge in [-0.15, -0.1) is 0 Å². The maximum absolute atomic E-state index is 9.36. The molecule has 1 N–H and O–H groups in total. The van der Waals surface area contributed by atoms with Gasteiger partial charge in [0.05, 0.1) is 6.07 Å². The highest BCUT2D eigenvalue weighted by Gasteiger charge is 2.36. The van der Waals surface area contributed by atoms with Crippen LogP contribution in [0.5, 0.6) is 5.75 Å². The fourth-order valence-corrected chi connectivity index (χ4v) is 2.72. The molecular formula is C16H22N2O. The normalized spacial score (nSPS) is 26.7. The number of rotatable bonds is 3. The fourth-order valence-electron chi connectivity index (χ4n) is 2.72. The van der Waals surface area contributed by atoms with Crippen LogP contribution >= 0.6 is 0 Å². The van der Waals surface area contributed by atoms with Crippen LogP contribution in [0.2, 0.25) is 0 Å². The molecule has 0 heterocycles. The number of nitrogens with one attached hydrogen (secondary N) is 1. The van der Waals surface area contributed by atoms with Gasteiger partial charge in [-0.1, -0.05) is 12.1 Å². The summed E-state index contributed by atoms with van der Waals surface area (Å²) in [6.07, 6.45) is 3.85. The van der Waals surface area contributed by atoms with Crippen molar-refractivity contribution in [1.29, 1.82) is 5.26 Å². The fraction of sp³-hybridized carbons (Fsp3) is 0.562. The van der Waals surface area contributed by atoms with Gasteiger partial charge in [0, 0.05) is 6.42 Å². The highest BCUT2D eigenvalue weighted by molar-refractivity contribution is 5.36. The summed E-state index contributed by atoms with van der Waals surface area (Å²) < 4.78 is 6.13. The minimum absolute atomic E-state index is 0.126. The van der Waals surface area contributed by atoms with Crippen LogP contribution in [0.15, 0.2) is 18.2 Å². The summed E-state index contributed by atoms with van der Waals surface area (Å²) in [5.41, 5.74) is 1.94. The third-order valence-electron chi connectivity index (χ3n) is 4.04.